The molecular weight excluding hydrogens is 154 g/mol. The first kappa shape index (κ1) is 9.03. The fraction of sp³-hybridized carbons (Fsp3) is 0.750. The van der Waals surface area contributed by atoms with Gasteiger partial charge in [0.15, 0.2) is 0 Å². The molecule has 4 nitrogen and oxygen atoms in total. The Kier molecular flexibility index (Phi) is 3.08. The summed E-state index contributed by atoms with van der Waals surface area (Å²) < 4.78 is 0. The van der Waals surface area contributed by atoms with Gasteiger partial charge in [-0.3, -0.25) is 10.2 Å². The highest BCUT2D eigenvalue weighted by molar-refractivity contribution is 5.97. The average Bonchev–Trinajstić information content (AvgIpc) is 2.05. The van der Waals surface area contributed by atoms with E-state index in [0.717, 1.165) is 25.9 Å². The number of carbonyl (C=O) groups excluding carboxylic acids is 1. The number of nitrogens with two attached hydrogens (primary N) is 1. The molecule has 0 aromatic rings. The van der Waals surface area contributed by atoms with E-state index in [1.165, 1.54) is 6.42 Å². The Balaban J connectivity index is 2.34. The molecule has 1 rings (SSSR count). The number of hydrogen-bond donors (Lipinski definition) is 2. The van der Waals surface area contributed by atoms with Gasteiger partial charge in [0.25, 0.3) is 0 Å². The predicted octanol–water partition coefficient (Wildman–Crippen LogP) is 0.325. The summed E-state index contributed by atoms with van der Waals surface area (Å²) in [6.45, 7) is 1.68. The van der Waals surface area contributed by atoms with Gasteiger partial charge >= 0.3 is 0 Å². The maximum atomic E-state index is 11.3. The molecule has 0 radical (unpaired) electrons. The number of amidine groups is 1. The van der Waals surface area contributed by atoms with Crippen LogP contribution in [-0.2, 0) is 4.79 Å². The standard InChI is InChI=1S/C8H15N3O/c9-7(10)6-8(12)11-4-2-1-3-5-11/h1-6H2,(H3,9,10). The third-order valence-corrected chi connectivity index (χ3v) is 2.05. The smallest absolute Gasteiger partial charge is 0.230 e. The molecule has 1 aliphatic rings. The number of hydrogen-bond acceptors (Lipinski definition) is 2. The summed E-state index contributed by atoms with van der Waals surface area (Å²) in [5, 5.41) is 6.97. The molecule has 0 spiro atoms. The summed E-state index contributed by atoms with van der Waals surface area (Å²) in [4.78, 5) is 13.1. The van der Waals surface area contributed by atoms with Gasteiger partial charge in [0.1, 0.15) is 0 Å². The normalized spacial score (nSPS) is 17.5. The Morgan fingerprint density at radius 3 is 2.42 bits per heavy atom. The maximum Gasteiger partial charge on any atom is 0.230 e. The highest BCUT2D eigenvalue weighted by Gasteiger charge is 2.16. The lowest BCUT2D eigenvalue weighted by Gasteiger charge is -2.26. The monoisotopic (exact) mass is 169 g/mol. The van der Waals surface area contributed by atoms with Crippen LogP contribution in [0.25, 0.3) is 0 Å². The lowest BCUT2D eigenvalue weighted by atomic mass is 10.1. The Bertz CT molecular complexity index is 185. The summed E-state index contributed by atoms with van der Waals surface area (Å²) in [6, 6.07) is 0. The number of nitrogens with zero attached hydrogens (tertiary/aromatic N) is 1. The minimum absolute atomic E-state index is 0.00204. The largest absolute Gasteiger partial charge is 0.387 e. The molecular formula is C8H15N3O. The zero-order valence-corrected chi connectivity index (χ0v) is 7.18. The quantitative estimate of drug-likeness (QED) is 0.462. The minimum Gasteiger partial charge on any atom is -0.387 e. The Morgan fingerprint density at radius 1 is 1.33 bits per heavy atom. The number of amides is 1. The van der Waals surface area contributed by atoms with Crippen molar-refractivity contribution in [2.75, 3.05) is 13.1 Å². The third-order valence-electron chi connectivity index (χ3n) is 2.05. The van der Waals surface area contributed by atoms with Crippen molar-refractivity contribution in [1.29, 1.82) is 5.41 Å². The van der Waals surface area contributed by atoms with Crippen LogP contribution in [0.15, 0.2) is 0 Å². The summed E-state index contributed by atoms with van der Waals surface area (Å²) in [5.41, 5.74) is 5.14. The van der Waals surface area contributed by atoms with Crippen molar-refractivity contribution in [2.24, 2.45) is 5.73 Å². The Hall–Kier alpha value is -1.06. The first-order valence-corrected chi connectivity index (χ1v) is 4.31. The van der Waals surface area contributed by atoms with Crippen molar-refractivity contribution >= 4 is 11.7 Å². The van der Waals surface area contributed by atoms with E-state index in [9.17, 15) is 4.79 Å². The molecule has 12 heavy (non-hydrogen) atoms. The van der Waals surface area contributed by atoms with Crippen LogP contribution in [0.1, 0.15) is 25.7 Å². The van der Waals surface area contributed by atoms with E-state index in [1.54, 1.807) is 4.90 Å². The van der Waals surface area contributed by atoms with Crippen LogP contribution >= 0.6 is 0 Å². The number of piperidine rings is 1. The van der Waals surface area contributed by atoms with Gasteiger partial charge in [-0.05, 0) is 19.3 Å². The fourth-order valence-electron chi connectivity index (χ4n) is 1.42. The zero-order valence-electron chi connectivity index (χ0n) is 7.18. The molecule has 1 aliphatic heterocycles. The Morgan fingerprint density at radius 2 is 1.92 bits per heavy atom. The lowest BCUT2D eigenvalue weighted by molar-refractivity contribution is -0.130. The van der Waals surface area contributed by atoms with E-state index in [1.807, 2.05) is 0 Å². The lowest BCUT2D eigenvalue weighted by Crippen LogP contribution is -2.37. The number of rotatable bonds is 2. The molecule has 4 heteroatoms. The van der Waals surface area contributed by atoms with Gasteiger partial charge in [-0.15, -0.1) is 0 Å². The first-order chi connectivity index (χ1) is 5.70. The van der Waals surface area contributed by atoms with Crippen molar-refractivity contribution in [3.8, 4) is 0 Å². The van der Waals surface area contributed by atoms with E-state index in [2.05, 4.69) is 0 Å². The van der Waals surface area contributed by atoms with Gasteiger partial charge < -0.3 is 10.6 Å². The highest BCUT2D eigenvalue weighted by Crippen LogP contribution is 2.09. The van der Waals surface area contributed by atoms with Crippen molar-refractivity contribution in [3.05, 3.63) is 0 Å². The fourth-order valence-corrected chi connectivity index (χ4v) is 1.42. The summed E-state index contributed by atoms with van der Waals surface area (Å²) in [7, 11) is 0. The molecule has 0 bridgehead atoms. The molecule has 0 unspecified atom stereocenters. The van der Waals surface area contributed by atoms with Crippen molar-refractivity contribution in [2.45, 2.75) is 25.7 Å². The second-order valence-corrected chi connectivity index (χ2v) is 3.14. The van der Waals surface area contributed by atoms with Gasteiger partial charge in [0.05, 0.1) is 12.3 Å². The number of carbonyl (C=O) groups is 1. The third kappa shape index (κ3) is 2.53. The number of likely N-dealkylation sites (tertiary alicyclic amines) is 1. The van der Waals surface area contributed by atoms with Crippen LogP contribution in [0.3, 0.4) is 0 Å². The summed E-state index contributed by atoms with van der Waals surface area (Å²) >= 11 is 0. The van der Waals surface area contributed by atoms with Crippen molar-refractivity contribution in [3.63, 3.8) is 0 Å². The predicted molar refractivity (Wildman–Crippen MR) is 47.0 cm³/mol. The summed E-state index contributed by atoms with van der Waals surface area (Å²) in [6.07, 6.45) is 3.47. The van der Waals surface area contributed by atoms with Crippen LogP contribution in [0.4, 0.5) is 0 Å². The van der Waals surface area contributed by atoms with E-state index in [-0.39, 0.29) is 18.2 Å². The second kappa shape index (κ2) is 4.09. The SMILES string of the molecule is N=C(N)CC(=O)N1CCCCC1. The van der Waals surface area contributed by atoms with Gasteiger partial charge in [-0.2, -0.15) is 0 Å². The minimum atomic E-state index is -0.0365. The van der Waals surface area contributed by atoms with Gasteiger partial charge in [-0.25, -0.2) is 0 Å². The van der Waals surface area contributed by atoms with Crippen molar-refractivity contribution in [1.82, 2.24) is 4.90 Å². The van der Waals surface area contributed by atoms with Crippen LogP contribution in [0.5, 0.6) is 0 Å². The van der Waals surface area contributed by atoms with E-state index in [0.29, 0.717) is 0 Å². The molecule has 1 heterocycles. The molecule has 0 aliphatic carbocycles. The van der Waals surface area contributed by atoms with Crippen LogP contribution in [-0.4, -0.2) is 29.7 Å². The maximum absolute atomic E-state index is 11.3. The molecule has 1 saturated heterocycles. The van der Waals surface area contributed by atoms with Gasteiger partial charge in [0.2, 0.25) is 5.91 Å². The topological polar surface area (TPSA) is 70.2 Å². The number of nitrogens with one attached hydrogen (secondary N) is 1. The van der Waals surface area contributed by atoms with Crippen LogP contribution in [0.2, 0.25) is 0 Å². The second-order valence-electron chi connectivity index (χ2n) is 3.14. The van der Waals surface area contributed by atoms with Gasteiger partial charge in [0, 0.05) is 13.1 Å². The van der Waals surface area contributed by atoms with E-state index >= 15 is 0 Å². The Labute approximate surface area is 72.2 Å². The molecule has 0 saturated carbocycles. The highest BCUT2D eigenvalue weighted by atomic mass is 16.2. The van der Waals surface area contributed by atoms with E-state index in [4.69, 9.17) is 11.1 Å². The molecule has 0 atom stereocenters. The van der Waals surface area contributed by atoms with Crippen LogP contribution < -0.4 is 5.73 Å². The molecule has 1 fully saturated rings. The molecule has 68 valence electrons. The zero-order chi connectivity index (χ0) is 8.97. The van der Waals surface area contributed by atoms with Gasteiger partial charge in [-0.1, -0.05) is 0 Å². The van der Waals surface area contributed by atoms with Crippen LogP contribution in [0, 0.1) is 5.41 Å². The van der Waals surface area contributed by atoms with E-state index < -0.39 is 0 Å². The molecule has 1 amide bonds. The molecule has 0 aromatic carbocycles. The first-order valence-electron chi connectivity index (χ1n) is 4.31. The molecule has 0 aromatic heterocycles. The van der Waals surface area contributed by atoms with Crippen molar-refractivity contribution < 1.29 is 4.79 Å². The summed E-state index contributed by atoms with van der Waals surface area (Å²) in [5.74, 6) is -0.0345. The molecule has 3 N–H and O–H groups in total. The average molecular weight is 169 g/mol.